The van der Waals surface area contributed by atoms with Crippen LogP contribution >= 0.6 is 0 Å². The molecule has 4 fully saturated rings. The van der Waals surface area contributed by atoms with E-state index in [0.29, 0.717) is 54.2 Å². The van der Waals surface area contributed by atoms with Gasteiger partial charge in [0, 0.05) is 35.8 Å². The molecule has 0 aromatic heterocycles. The summed E-state index contributed by atoms with van der Waals surface area (Å²) in [5.74, 6) is 3.92. The molecule has 4 saturated carbocycles. The molecule has 0 saturated heterocycles. The Morgan fingerprint density at radius 1 is 1.09 bits per heavy atom. The highest BCUT2D eigenvalue weighted by atomic mass is 32.2. The molecule has 1 amide bonds. The summed E-state index contributed by atoms with van der Waals surface area (Å²) in [5.41, 5.74) is 0.224. The maximum absolute atomic E-state index is 12.3. The largest absolute Gasteiger partial charge is 0.393 e. The maximum atomic E-state index is 12.3. The molecule has 0 spiro atoms. The second-order valence-corrected chi connectivity index (χ2v) is 14.1. The van der Waals surface area contributed by atoms with Crippen LogP contribution in [-0.2, 0) is 15.6 Å². The Bertz CT molecular complexity index is 746. The molecular weight excluding hydrogens is 434 g/mol. The molecule has 0 heterocycles. The molecule has 6 heteroatoms. The first-order chi connectivity index (χ1) is 15.6. The number of fused-ring (bicyclic) bond motifs is 5. The smallest absolute Gasteiger partial charge is 0.220 e. The van der Waals surface area contributed by atoms with Crippen LogP contribution in [-0.4, -0.2) is 51.1 Å². The van der Waals surface area contributed by atoms with E-state index < -0.39 is 10.8 Å². The molecule has 0 aromatic rings. The molecule has 0 radical (unpaired) electrons. The molecule has 4 aliphatic rings. The van der Waals surface area contributed by atoms with Crippen LogP contribution in [0.2, 0.25) is 0 Å². The molecular formula is C27H47NO4S. The maximum Gasteiger partial charge on any atom is 0.220 e. The highest BCUT2D eigenvalue weighted by Gasteiger charge is 2.63. The predicted molar refractivity (Wildman–Crippen MR) is 133 cm³/mol. The summed E-state index contributed by atoms with van der Waals surface area (Å²) in [4.78, 5) is 12.3. The zero-order chi connectivity index (χ0) is 24.0. The third kappa shape index (κ3) is 4.70. The molecule has 0 aliphatic heterocycles. The molecule has 3 N–H and O–H groups in total. The Morgan fingerprint density at radius 2 is 1.85 bits per heavy atom. The van der Waals surface area contributed by atoms with Crippen LogP contribution in [0.3, 0.4) is 0 Å². The van der Waals surface area contributed by atoms with E-state index in [9.17, 15) is 19.2 Å². The minimum atomic E-state index is -0.877. The zero-order valence-electron chi connectivity index (χ0n) is 21.2. The third-order valence-electron chi connectivity index (χ3n) is 11.0. The lowest BCUT2D eigenvalue weighted by Crippen LogP contribution is -2.58. The van der Waals surface area contributed by atoms with Crippen LogP contribution in [0.1, 0.15) is 85.0 Å². The van der Waals surface area contributed by atoms with E-state index in [1.54, 1.807) is 6.26 Å². The fourth-order valence-electron chi connectivity index (χ4n) is 9.14. The van der Waals surface area contributed by atoms with Crippen molar-refractivity contribution >= 4 is 16.7 Å². The Kier molecular flexibility index (Phi) is 7.68. The van der Waals surface area contributed by atoms with Crippen molar-refractivity contribution in [2.75, 3.05) is 18.6 Å². The Hall–Kier alpha value is -0.460. The highest BCUT2D eigenvalue weighted by molar-refractivity contribution is 7.84. The average molecular weight is 482 g/mol. The van der Waals surface area contributed by atoms with Crippen LogP contribution in [0.5, 0.6) is 0 Å². The average Bonchev–Trinajstić information content (AvgIpc) is 3.12. The van der Waals surface area contributed by atoms with Gasteiger partial charge in [0.25, 0.3) is 0 Å². The molecule has 5 nitrogen and oxygen atoms in total. The quantitative estimate of drug-likeness (QED) is 0.515. The summed E-state index contributed by atoms with van der Waals surface area (Å²) >= 11 is 0. The van der Waals surface area contributed by atoms with Crippen LogP contribution in [0.15, 0.2) is 0 Å². The molecule has 0 aromatic carbocycles. The van der Waals surface area contributed by atoms with E-state index in [1.165, 1.54) is 19.3 Å². The number of hydrogen-bond donors (Lipinski definition) is 3. The topological polar surface area (TPSA) is 86.6 Å². The van der Waals surface area contributed by atoms with Crippen molar-refractivity contribution in [1.29, 1.82) is 0 Å². The lowest BCUT2D eigenvalue weighted by molar-refractivity contribution is -0.174. The Labute approximate surface area is 203 Å². The van der Waals surface area contributed by atoms with Gasteiger partial charge in [0.1, 0.15) is 0 Å². The van der Waals surface area contributed by atoms with E-state index in [1.807, 2.05) is 0 Å². The summed E-state index contributed by atoms with van der Waals surface area (Å²) < 4.78 is 11.2. The second-order valence-electron chi connectivity index (χ2n) is 12.5. The monoisotopic (exact) mass is 481 g/mol. The number of nitrogens with one attached hydrogen (secondary N) is 1. The van der Waals surface area contributed by atoms with Gasteiger partial charge >= 0.3 is 0 Å². The van der Waals surface area contributed by atoms with Gasteiger partial charge in [0.2, 0.25) is 5.91 Å². The fourth-order valence-corrected chi connectivity index (χ4v) is 9.53. The molecule has 4 aliphatic carbocycles. The molecule has 11 atom stereocenters. The minimum Gasteiger partial charge on any atom is -0.393 e. The summed E-state index contributed by atoms with van der Waals surface area (Å²) in [7, 11) is -0.877. The molecule has 1 unspecified atom stereocenters. The lowest BCUT2D eigenvalue weighted by Gasteiger charge is -2.62. The first-order valence-corrected chi connectivity index (χ1v) is 15.2. The van der Waals surface area contributed by atoms with E-state index in [4.69, 9.17) is 0 Å². The fraction of sp³-hybridized carbons (Fsp3) is 0.963. The minimum absolute atomic E-state index is 0.0481. The van der Waals surface area contributed by atoms with Gasteiger partial charge in [-0.25, -0.2) is 0 Å². The van der Waals surface area contributed by atoms with Crippen molar-refractivity contribution in [1.82, 2.24) is 5.32 Å². The summed E-state index contributed by atoms with van der Waals surface area (Å²) in [6.07, 6.45) is 11.4. The zero-order valence-corrected chi connectivity index (χ0v) is 22.0. The molecule has 0 bridgehead atoms. The van der Waals surface area contributed by atoms with Gasteiger partial charge in [0.15, 0.2) is 0 Å². The second kappa shape index (κ2) is 9.89. The first kappa shape index (κ1) is 25.6. The van der Waals surface area contributed by atoms with Crippen molar-refractivity contribution in [3.05, 3.63) is 0 Å². The van der Waals surface area contributed by atoms with Crippen LogP contribution < -0.4 is 5.32 Å². The van der Waals surface area contributed by atoms with E-state index in [0.717, 1.165) is 38.5 Å². The van der Waals surface area contributed by atoms with Crippen LogP contribution in [0, 0.1) is 46.3 Å². The van der Waals surface area contributed by atoms with Crippen molar-refractivity contribution in [2.24, 2.45) is 46.3 Å². The summed E-state index contributed by atoms with van der Waals surface area (Å²) in [5, 5.41) is 24.8. The van der Waals surface area contributed by atoms with Crippen molar-refractivity contribution < 1.29 is 19.2 Å². The standard InChI is InChI=1S/C27H47NO4S/c1-17(5-10-25(31)28-13-14-33(4)32)21-8-9-22-20-7-6-18-15-19(29)11-12-26(18,2)23(20)16-24(30)27(21,22)3/h17-24,29-30H,5-16H2,1-4H3,(H,28,31)/t17-,18-,19-,20+,21-,22+,23+,24+,26+,27-,33?/m1/s1. The van der Waals surface area contributed by atoms with Gasteiger partial charge in [-0.1, -0.05) is 20.8 Å². The number of rotatable bonds is 7. The molecule has 4 rings (SSSR count). The molecule has 190 valence electrons. The SMILES string of the molecule is C[C@H](CCC(=O)NCCS(C)=O)[C@H]1CC[C@H]2[C@@H]3CC[C@@H]4C[C@H](O)CC[C@]4(C)[C@H]3C[C@H](O)[C@]12C. The Morgan fingerprint density at radius 3 is 2.58 bits per heavy atom. The van der Waals surface area contributed by atoms with Crippen molar-refractivity contribution in [3.8, 4) is 0 Å². The van der Waals surface area contributed by atoms with Gasteiger partial charge in [0.05, 0.1) is 12.2 Å². The van der Waals surface area contributed by atoms with Crippen LogP contribution in [0.25, 0.3) is 0 Å². The van der Waals surface area contributed by atoms with Gasteiger partial charge < -0.3 is 15.5 Å². The summed E-state index contributed by atoms with van der Waals surface area (Å²) in [6.45, 7) is 7.60. The number of carbonyl (C=O) groups excluding carboxylic acids is 1. The van der Waals surface area contributed by atoms with Crippen LogP contribution in [0.4, 0.5) is 0 Å². The van der Waals surface area contributed by atoms with Gasteiger partial charge in [-0.3, -0.25) is 9.00 Å². The van der Waals surface area contributed by atoms with Crippen molar-refractivity contribution in [2.45, 2.75) is 97.2 Å². The molecule has 33 heavy (non-hydrogen) atoms. The number of aliphatic hydroxyl groups is 2. The predicted octanol–water partition coefficient (Wildman–Crippen LogP) is 3.89. The van der Waals surface area contributed by atoms with Gasteiger partial charge in [-0.05, 0) is 104 Å². The summed E-state index contributed by atoms with van der Waals surface area (Å²) in [6, 6.07) is 0. The van der Waals surface area contributed by atoms with E-state index in [-0.39, 0.29) is 28.9 Å². The first-order valence-electron chi connectivity index (χ1n) is 13.5. The van der Waals surface area contributed by atoms with Gasteiger partial charge in [-0.2, -0.15) is 0 Å². The number of hydrogen-bond acceptors (Lipinski definition) is 4. The Balaban J connectivity index is 1.41. The highest BCUT2D eigenvalue weighted by Crippen LogP contribution is 2.68. The number of carbonyl (C=O) groups is 1. The number of amides is 1. The number of aliphatic hydroxyl groups excluding tert-OH is 2. The van der Waals surface area contributed by atoms with E-state index in [2.05, 4.69) is 26.1 Å². The normalized spacial score (nSPS) is 46.5. The third-order valence-corrected chi connectivity index (χ3v) is 11.8. The van der Waals surface area contributed by atoms with E-state index >= 15 is 0 Å². The lowest BCUT2D eigenvalue weighted by atomic mass is 9.43. The van der Waals surface area contributed by atoms with Gasteiger partial charge in [-0.15, -0.1) is 0 Å². The van der Waals surface area contributed by atoms with Crippen molar-refractivity contribution in [3.63, 3.8) is 0 Å².